The molecule has 0 aliphatic heterocycles. The minimum Gasteiger partial charge on any atom is -0.507 e. The van der Waals surface area contributed by atoms with Crippen molar-refractivity contribution in [3.8, 4) is 5.75 Å². The van der Waals surface area contributed by atoms with Crippen molar-refractivity contribution in [1.82, 2.24) is 19.6 Å². The Hall–Kier alpha value is -4.27. The zero-order valence-corrected chi connectivity index (χ0v) is 25.0. The smallest absolute Gasteiger partial charge is 0.419 e. The van der Waals surface area contributed by atoms with Crippen LogP contribution >= 0.6 is 0 Å². The normalized spacial score (nSPS) is 17.3. The van der Waals surface area contributed by atoms with Crippen molar-refractivity contribution in [2.45, 2.75) is 55.4 Å². The van der Waals surface area contributed by atoms with Crippen molar-refractivity contribution in [3.05, 3.63) is 95.9 Å². The number of sulfonamides is 1. The van der Waals surface area contributed by atoms with E-state index in [9.17, 15) is 31.1 Å². The number of anilines is 4. The van der Waals surface area contributed by atoms with Gasteiger partial charge in [-0.15, -0.1) is 0 Å². The Balaban J connectivity index is 1.14. The van der Waals surface area contributed by atoms with E-state index in [1.165, 1.54) is 34.6 Å². The van der Waals surface area contributed by atoms with Crippen LogP contribution in [0.4, 0.5) is 40.7 Å². The molecule has 1 fully saturated rings. The highest BCUT2D eigenvalue weighted by Crippen LogP contribution is 2.36. The molecule has 0 atom stereocenters. The summed E-state index contributed by atoms with van der Waals surface area (Å²) in [7, 11) is -2.22. The van der Waals surface area contributed by atoms with Crippen LogP contribution in [0.15, 0.2) is 83.9 Å². The summed E-state index contributed by atoms with van der Waals surface area (Å²) < 4.78 is 80.6. The van der Waals surface area contributed by atoms with Gasteiger partial charge in [0.2, 0.25) is 16.0 Å². The molecule has 14 heteroatoms. The fourth-order valence-corrected chi connectivity index (χ4v) is 6.61. The molecule has 0 saturated heterocycles. The third-order valence-electron chi connectivity index (χ3n) is 7.73. The molecule has 1 aliphatic rings. The fraction of sp³-hybridized carbons (Fsp3) is 0.290. The van der Waals surface area contributed by atoms with Gasteiger partial charge in [-0.25, -0.2) is 17.8 Å². The van der Waals surface area contributed by atoms with Gasteiger partial charge in [0.25, 0.3) is 0 Å². The number of aromatic hydroxyl groups is 1. The van der Waals surface area contributed by atoms with E-state index >= 15 is 0 Å². The monoisotopic (exact) mass is 644 g/mol. The summed E-state index contributed by atoms with van der Waals surface area (Å²) in [4.78, 5) is 8.72. The Labute approximate surface area is 258 Å². The van der Waals surface area contributed by atoms with Crippen LogP contribution in [0, 0.1) is 5.82 Å². The standard InChI is InChI=1S/C31H32F4N6O3S/c1-41(25-11-7-22(8-12-25)37-19-20-2-15-28(42)27(18-20)31(33,34)35)45(43,44)26-13-9-24(10-14-26)39-30-36-17-16-29(40-30)38-23-5-3-21(32)4-6-23/h2-6,9-10,13-18,22,25,37,42H,7-8,11-12,19H2,1H3,(H2,36,38,39,40). The molecular weight excluding hydrogens is 612 g/mol. The van der Waals surface area contributed by atoms with Gasteiger partial charge >= 0.3 is 6.18 Å². The minimum atomic E-state index is -4.64. The zero-order valence-electron chi connectivity index (χ0n) is 24.2. The molecule has 0 bridgehead atoms. The van der Waals surface area contributed by atoms with Crippen LogP contribution in [-0.2, 0) is 22.7 Å². The minimum absolute atomic E-state index is 0.0254. The van der Waals surface area contributed by atoms with Gasteiger partial charge in [-0.05, 0) is 98.0 Å². The topological polar surface area (TPSA) is 119 Å². The third-order valence-corrected chi connectivity index (χ3v) is 9.66. The van der Waals surface area contributed by atoms with Gasteiger partial charge < -0.3 is 21.1 Å². The molecule has 5 rings (SSSR count). The predicted molar refractivity (Wildman–Crippen MR) is 162 cm³/mol. The van der Waals surface area contributed by atoms with Crippen molar-refractivity contribution < 1.29 is 31.1 Å². The van der Waals surface area contributed by atoms with Gasteiger partial charge in [0.15, 0.2) is 0 Å². The Kier molecular flexibility index (Phi) is 9.56. The highest BCUT2D eigenvalue weighted by molar-refractivity contribution is 7.89. The van der Waals surface area contributed by atoms with E-state index in [1.807, 2.05) is 0 Å². The molecule has 0 radical (unpaired) electrons. The highest BCUT2D eigenvalue weighted by Gasteiger charge is 2.34. The van der Waals surface area contributed by atoms with E-state index in [0.717, 1.165) is 12.1 Å². The van der Waals surface area contributed by atoms with Gasteiger partial charge in [-0.1, -0.05) is 6.07 Å². The number of hydrogen-bond donors (Lipinski definition) is 4. The Bertz CT molecular complexity index is 1710. The Morgan fingerprint density at radius 1 is 0.911 bits per heavy atom. The summed E-state index contributed by atoms with van der Waals surface area (Å²) in [5.41, 5.74) is 0.569. The van der Waals surface area contributed by atoms with Crippen LogP contribution in [0.5, 0.6) is 5.75 Å². The van der Waals surface area contributed by atoms with E-state index in [-0.39, 0.29) is 35.3 Å². The molecule has 45 heavy (non-hydrogen) atoms. The fourth-order valence-electron chi connectivity index (χ4n) is 5.20. The largest absolute Gasteiger partial charge is 0.507 e. The maximum Gasteiger partial charge on any atom is 0.419 e. The quantitative estimate of drug-likeness (QED) is 0.144. The first-order valence-electron chi connectivity index (χ1n) is 14.2. The van der Waals surface area contributed by atoms with Gasteiger partial charge in [-0.2, -0.15) is 22.5 Å². The molecule has 0 spiro atoms. The maximum absolute atomic E-state index is 13.4. The summed E-state index contributed by atoms with van der Waals surface area (Å²) in [6.45, 7) is 0.202. The SMILES string of the molecule is CN(C1CCC(NCc2ccc(O)c(C(F)(F)F)c2)CC1)S(=O)(=O)c1ccc(Nc2nccc(Nc3ccc(F)cc3)n2)cc1. The summed E-state index contributed by atoms with van der Waals surface area (Å²) >= 11 is 0. The molecule has 3 aromatic carbocycles. The van der Waals surface area contributed by atoms with Crippen LogP contribution in [0.3, 0.4) is 0 Å². The van der Waals surface area contributed by atoms with Crippen LogP contribution in [-0.4, -0.2) is 46.9 Å². The number of phenolic OH excluding ortho intramolecular Hbond substituents is 1. The summed E-state index contributed by atoms with van der Waals surface area (Å²) in [5.74, 6) is -0.383. The number of hydrogen-bond acceptors (Lipinski definition) is 8. The van der Waals surface area contributed by atoms with Crippen LogP contribution in [0.2, 0.25) is 0 Å². The second-order valence-corrected chi connectivity index (χ2v) is 12.8. The number of rotatable bonds is 10. The molecule has 0 amide bonds. The lowest BCUT2D eigenvalue weighted by atomic mass is 9.91. The Morgan fingerprint density at radius 3 is 2.22 bits per heavy atom. The molecular formula is C31H32F4N6O3S. The summed E-state index contributed by atoms with van der Waals surface area (Å²) in [6, 6.07) is 17.0. The number of phenols is 1. The predicted octanol–water partition coefficient (Wildman–Crippen LogP) is 6.55. The second kappa shape index (κ2) is 13.4. The van der Waals surface area contributed by atoms with Crippen molar-refractivity contribution >= 4 is 33.2 Å². The third kappa shape index (κ3) is 8.07. The van der Waals surface area contributed by atoms with Crippen LogP contribution in [0.25, 0.3) is 0 Å². The molecule has 4 N–H and O–H groups in total. The number of benzene rings is 3. The first-order valence-corrected chi connectivity index (χ1v) is 15.7. The van der Waals surface area contributed by atoms with Crippen LogP contribution in [0.1, 0.15) is 36.8 Å². The number of nitrogens with one attached hydrogen (secondary N) is 3. The first-order chi connectivity index (χ1) is 21.4. The maximum atomic E-state index is 13.4. The highest BCUT2D eigenvalue weighted by atomic mass is 32.2. The van der Waals surface area contributed by atoms with E-state index in [0.29, 0.717) is 48.4 Å². The molecule has 9 nitrogen and oxygen atoms in total. The zero-order chi connectivity index (χ0) is 32.2. The average Bonchev–Trinajstić information content (AvgIpc) is 3.01. The molecule has 1 saturated carbocycles. The van der Waals surface area contributed by atoms with Gasteiger partial charge in [-0.3, -0.25) is 0 Å². The van der Waals surface area contributed by atoms with Gasteiger partial charge in [0, 0.05) is 43.2 Å². The van der Waals surface area contributed by atoms with Gasteiger partial charge in [0.1, 0.15) is 17.4 Å². The number of halogens is 4. The van der Waals surface area contributed by atoms with Crippen molar-refractivity contribution in [1.29, 1.82) is 0 Å². The molecule has 0 unspecified atom stereocenters. The van der Waals surface area contributed by atoms with E-state index in [2.05, 4.69) is 25.9 Å². The molecule has 238 valence electrons. The first kappa shape index (κ1) is 32.1. The lowest BCUT2D eigenvalue weighted by Crippen LogP contribution is -2.43. The van der Waals surface area contributed by atoms with Crippen molar-refractivity contribution in [2.75, 3.05) is 17.7 Å². The Morgan fingerprint density at radius 2 is 1.56 bits per heavy atom. The molecule has 1 aromatic heterocycles. The lowest BCUT2D eigenvalue weighted by molar-refractivity contribution is -0.138. The summed E-state index contributed by atoms with van der Waals surface area (Å²) in [6.07, 6.45) is -0.585. The summed E-state index contributed by atoms with van der Waals surface area (Å²) in [5, 5.41) is 18.9. The lowest BCUT2D eigenvalue weighted by Gasteiger charge is -2.34. The average molecular weight is 645 g/mol. The molecule has 1 aliphatic carbocycles. The number of aromatic nitrogens is 2. The van der Waals surface area contributed by atoms with Crippen molar-refractivity contribution in [2.24, 2.45) is 0 Å². The van der Waals surface area contributed by atoms with Gasteiger partial charge in [0.05, 0.1) is 10.5 Å². The molecule has 4 aromatic rings. The number of nitrogens with zero attached hydrogens (tertiary/aromatic N) is 3. The van der Waals surface area contributed by atoms with Crippen molar-refractivity contribution in [3.63, 3.8) is 0 Å². The molecule has 1 heterocycles. The van der Waals surface area contributed by atoms with E-state index in [1.54, 1.807) is 43.6 Å². The van der Waals surface area contributed by atoms with E-state index in [4.69, 9.17) is 0 Å². The van der Waals surface area contributed by atoms with E-state index < -0.39 is 27.5 Å². The second-order valence-electron chi connectivity index (χ2n) is 10.8. The van der Waals surface area contributed by atoms with Crippen LogP contribution < -0.4 is 16.0 Å². The number of alkyl halides is 3.